The van der Waals surface area contributed by atoms with Gasteiger partial charge in [-0.2, -0.15) is 5.26 Å². The molecule has 1 aliphatic rings. The molecule has 0 unspecified atom stereocenters. The molecule has 14 heavy (non-hydrogen) atoms. The van der Waals surface area contributed by atoms with Crippen LogP contribution in [0.2, 0.25) is 0 Å². The molecule has 0 radical (unpaired) electrons. The highest BCUT2D eigenvalue weighted by molar-refractivity contribution is 5.40. The number of hydrogen-bond acceptors (Lipinski definition) is 3. The van der Waals surface area contributed by atoms with E-state index in [0.29, 0.717) is 0 Å². The van der Waals surface area contributed by atoms with Crippen LogP contribution < -0.4 is 5.32 Å². The van der Waals surface area contributed by atoms with E-state index in [4.69, 9.17) is 5.26 Å². The number of rotatable bonds is 2. The highest BCUT2D eigenvalue weighted by Gasteiger charge is 2.14. The molecule has 1 heterocycles. The molecule has 1 N–H and O–H groups in total. The first-order chi connectivity index (χ1) is 6.83. The van der Waals surface area contributed by atoms with Gasteiger partial charge in [0.25, 0.3) is 0 Å². The van der Waals surface area contributed by atoms with Crippen LogP contribution >= 0.6 is 0 Å². The van der Waals surface area contributed by atoms with E-state index in [1.807, 2.05) is 26.0 Å². The van der Waals surface area contributed by atoms with Crippen LogP contribution in [0.15, 0.2) is 23.4 Å². The minimum Gasteiger partial charge on any atom is -0.368 e. The van der Waals surface area contributed by atoms with Crippen LogP contribution in [0.25, 0.3) is 0 Å². The van der Waals surface area contributed by atoms with E-state index in [2.05, 4.69) is 16.3 Å². The van der Waals surface area contributed by atoms with Gasteiger partial charge in [0, 0.05) is 26.2 Å². The third-order valence-electron chi connectivity index (χ3n) is 2.42. The first-order valence-electron chi connectivity index (χ1n) is 5.02. The third kappa shape index (κ3) is 2.36. The van der Waals surface area contributed by atoms with Gasteiger partial charge in [0.1, 0.15) is 6.07 Å². The van der Waals surface area contributed by atoms with Gasteiger partial charge in [-0.05, 0) is 13.8 Å². The Morgan fingerprint density at radius 1 is 1.29 bits per heavy atom. The molecule has 0 bridgehead atoms. The molecule has 3 nitrogen and oxygen atoms in total. The van der Waals surface area contributed by atoms with Crippen molar-refractivity contribution in [2.24, 2.45) is 0 Å². The summed E-state index contributed by atoms with van der Waals surface area (Å²) >= 11 is 0. The van der Waals surface area contributed by atoms with Crippen molar-refractivity contribution < 1.29 is 0 Å². The molecule has 0 amide bonds. The molecule has 0 saturated carbocycles. The smallest absolute Gasteiger partial charge is 0.101 e. The fourth-order valence-electron chi connectivity index (χ4n) is 1.68. The second-order valence-electron chi connectivity index (χ2n) is 3.23. The molecule has 0 spiro atoms. The third-order valence-corrected chi connectivity index (χ3v) is 2.42. The summed E-state index contributed by atoms with van der Waals surface area (Å²) in [4.78, 5) is 2.26. The lowest BCUT2D eigenvalue weighted by atomic mass is 10.1. The van der Waals surface area contributed by atoms with Crippen LogP contribution in [-0.2, 0) is 0 Å². The fraction of sp³-hybridized carbons (Fsp3) is 0.545. The lowest BCUT2D eigenvalue weighted by Crippen LogP contribution is -2.43. The van der Waals surface area contributed by atoms with Crippen LogP contribution in [0.4, 0.5) is 0 Å². The maximum absolute atomic E-state index is 8.96. The molecule has 76 valence electrons. The Kier molecular flexibility index (Phi) is 4.21. The minimum atomic E-state index is 0.773. The van der Waals surface area contributed by atoms with Gasteiger partial charge in [-0.1, -0.05) is 12.2 Å². The lowest BCUT2D eigenvalue weighted by Gasteiger charge is -2.31. The van der Waals surface area contributed by atoms with Crippen molar-refractivity contribution in [3.63, 3.8) is 0 Å². The average Bonchev–Trinajstić information content (AvgIpc) is 2.27. The molecule has 0 aromatic heterocycles. The molecule has 3 heteroatoms. The Bertz CT molecular complexity index is 277. The number of allylic oxidation sites excluding steroid dienone is 3. The quantitative estimate of drug-likeness (QED) is 0.527. The van der Waals surface area contributed by atoms with Crippen molar-refractivity contribution in [1.29, 1.82) is 5.26 Å². The maximum Gasteiger partial charge on any atom is 0.101 e. The van der Waals surface area contributed by atoms with Gasteiger partial charge in [0.15, 0.2) is 0 Å². The van der Waals surface area contributed by atoms with E-state index in [9.17, 15) is 0 Å². The highest BCUT2D eigenvalue weighted by Crippen LogP contribution is 2.15. The zero-order chi connectivity index (χ0) is 10.4. The largest absolute Gasteiger partial charge is 0.368 e. The van der Waals surface area contributed by atoms with Crippen LogP contribution in [-0.4, -0.2) is 31.1 Å². The predicted molar refractivity (Wildman–Crippen MR) is 57.6 cm³/mol. The summed E-state index contributed by atoms with van der Waals surface area (Å²) < 4.78 is 0. The first kappa shape index (κ1) is 10.8. The summed E-state index contributed by atoms with van der Waals surface area (Å²) in [5.41, 5.74) is 1.84. The molecule has 1 fully saturated rings. The molecular formula is C11H17N3. The molecule has 0 aliphatic carbocycles. The Morgan fingerprint density at radius 3 is 2.36 bits per heavy atom. The number of nitrogens with one attached hydrogen (secondary N) is 1. The van der Waals surface area contributed by atoms with Crippen molar-refractivity contribution >= 4 is 0 Å². The van der Waals surface area contributed by atoms with Gasteiger partial charge < -0.3 is 10.2 Å². The second-order valence-corrected chi connectivity index (χ2v) is 3.23. The zero-order valence-corrected chi connectivity index (χ0v) is 8.88. The first-order valence-corrected chi connectivity index (χ1v) is 5.02. The lowest BCUT2D eigenvalue weighted by molar-refractivity contribution is 0.305. The van der Waals surface area contributed by atoms with Crippen molar-refractivity contribution in [3.8, 4) is 6.07 Å². The number of piperazine rings is 1. The van der Waals surface area contributed by atoms with E-state index in [0.717, 1.165) is 37.4 Å². The number of hydrogen-bond donors (Lipinski definition) is 1. The van der Waals surface area contributed by atoms with E-state index < -0.39 is 0 Å². The molecule has 1 aliphatic heterocycles. The van der Waals surface area contributed by atoms with Crippen LogP contribution in [0, 0.1) is 11.3 Å². The van der Waals surface area contributed by atoms with Gasteiger partial charge in [-0.3, -0.25) is 0 Å². The molecule has 1 saturated heterocycles. The van der Waals surface area contributed by atoms with Gasteiger partial charge in [0.2, 0.25) is 0 Å². The van der Waals surface area contributed by atoms with Crippen LogP contribution in [0.5, 0.6) is 0 Å². The van der Waals surface area contributed by atoms with E-state index in [-0.39, 0.29) is 0 Å². The second kappa shape index (κ2) is 5.46. The Hall–Kier alpha value is -1.27. The summed E-state index contributed by atoms with van der Waals surface area (Å²) in [6.45, 7) is 7.86. The molecule has 0 aromatic carbocycles. The van der Waals surface area contributed by atoms with Gasteiger partial charge >= 0.3 is 0 Å². The molecular weight excluding hydrogens is 174 g/mol. The van der Waals surface area contributed by atoms with Crippen molar-refractivity contribution in [2.75, 3.05) is 26.2 Å². The summed E-state index contributed by atoms with van der Waals surface area (Å²) in [7, 11) is 0. The topological polar surface area (TPSA) is 39.1 Å². The van der Waals surface area contributed by atoms with Gasteiger partial charge in [-0.15, -0.1) is 0 Å². The van der Waals surface area contributed by atoms with Crippen molar-refractivity contribution in [2.45, 2.75) is 13.8 Å². The number of nitriles is 1. The zero-order valence-electron chi connectivity index (χ0n) is 8.88. The average molecular weight is 191 g/mol. The van der Waals surface area contributed by atoms with E-state index in [1.54, 1.807) is 0 Å². The molecule has 0 aromatic rings. The fourth-order valence-corrected chi connectivity index (χ4v) is 1.68. The number of nitrogens with zero attached hydrogens (tertiary/aromatic N) is 2. The molecule has 0 atom stereocenters. The Balaban J connectivity index is 2.76. The standard InChI is InChI=1S/C11H17N3/c1-3-10(9-12)11(4-2)14-7-5-13-6-8-14/h3-4,13H,5-8H2,1-2H3. The summed E-state index contributed by atoms with van der Waals surface area (Å²) in [6.07, 6.45) is 3.89. The predicted octanol–water partition coefficient (Wildman–Crippen LogP) is 1.27. The van der Waals surface area contributed by atoms with Gasteiger partial charge in [0.05, 0.1) is 11.3 Å². The van der Waals surface area contributed by atoms with Crippen molar-refractivity contribution in [3.05, 3.63) is 23.4 Å². The summed E-state index contributed by atoms with van der Waals surface area (Å²) in [5, 5.41) is 12.3. The van der Waals surface area contributed by atoms with Crippen molar-refractivity contribution in [1.82, 2.24) is 10.2 Å². The Morgan fingerprint density at radius 2 is 1.93 bits per heavy atom. The Labute approximate surface area is 85.7 Å². The highest BCUT2D eigenvalue weighted by atomic mass is 15.2. The monoisotopic (exact) mass is 191 g/mol. The SMILES string of the molecule is CC=C(C#N)C(=CC)N1CCNCC1. The normalized spacial score (nSPS) is 19.4. The molecule has 1 rings (SSSR count). The van der Waals surface area contributed by atoms with E-state index >= 15 is 0 Å². The minimum absolute atomic E-state index is 0.773. The maximum atomic E-state index is 8.96. The van der Waals surface area contributed by atoms with Gasteiger partial charge in [-0.25, -0.2) is 0 Å². The summed E-state index contributed by atoms with van der Waals surface area (Å²) in [5.74, 6) is 0. The van der Waals surface area contributed by atoms with Crippen LogP contribution in [0.1, 0.15) is 13.8 Å². The van der Waals surface area contributed by atoms with E-state index in [1.165, 1.54) is 0 Å². The van der Waals surface area contributed by atoms with Crippen LogP contribution in [0.3, 0.4) is 0 Å². The summed E-state index contributed by atoms with van der Waals surface area (Å²) in [6, 6.07) is 2.23.